The number of rotatable bonds is 9. The Bertz CT molecular complexity index is 505. The van der Waals surface area contributed by atoms with E-state index in [4.69, 9.17) is 5.73 Å². The van der Waals surface area contributed by atoms with Crippen molar-refractivity contribution in [1.29, 1.82) is 0 Å². The zero-order chi connectivity index (χ0) is 18.2. The molecule has 0 atom stereocenters. The van der Waals surface area contributed by atoms with Gasteiger partial charge in [0.2, 0.25) is 0 Å². The summed E-state index contributed by atoms with van der Waals surface area (Å²) in [4.78, 5) is 15.9. The second-order valence-electron chi connectivity index (χ2n) is 5.59. The zero-order valence-corrected chi connectivity index (χ0v) is 15.5. The maximum atomic E-state index is 12.6. The molecule has 0 saturated heterocycles. The minimum atomic E-state index is -4.28. The van der Waals surface area contributed by atoms with Gasteiger partial charge in [0.25, 0.3) is 5.91 Å². The van der Waals surface area contributed by atoms with Crippen molar-refractivity contribution in [3.63, 3.8) is 0 Å². The first-order chi connectivity index (χ1) is 11.3. The van der Waals surface area contributed by atoms with Crippen molar-refractivity contribution in [2.24, 2.45) is 5.73 Å². The van der Waals surface area contributed by atoms with Crippen LogP contribution in [0, 0.1) is 0 Å². The van der Waals surface area contributed by atoms with E-state index in [1.54, 1.807) is 24.3 Å². The number of hydrogen-bond acceptors (Lipinski definition) is 3. The van der Waals surface area contributed by atoms with Crippen LogP contribution in [0.1, 0.15) is 36.2 Å². The molecule has 0 bridgehead atoms. The maximum absolute atomic E-state index is 12.6. The van der Waals surface area contributed by atoms with Gasteiger partial charge in [-0.2, -0.15) is 13.2 Å². The number of likely N-dealkylation sites (N-methyl/N-ethyl adjacent to an activating group) is 1. The van der Waals surface area contributed by atoms with Crippen molar-refractivity contribution in [1.82, 2.24) is 9.80 Å². The first-order valence-electron chi connectivity index (χ1n) is 8.18. The lowest BCUT2D eigenvalue weighted by atomic mass is 10.1. The Labute approximate surface area is 153 Å². The Kier molecular flexibility index (Phi) is 10.7. The number of nitrogens with two attached hydrogens (primary N) is 1. The lowest BCUT2D eigenvalue weighted by Gasteiger charge is -2.27. The highest BCUT2D eigenvalue weighted by atomic mass is 35.5. The molecule has 25 heavy (non-hydrogen) atoms. The Morgan fingerprint density at radius 3 is 2.04 bits per heavy atom. The first kappa shape index (κ1) is 23.7. The summed E-state index contributed by atoms with van der Waals surface area (Å²) in [6, 6.07) is 6.67. The van der Waals surface area contributed by atoms with Gasteiger partial charge in [-0.05, 0) is 30.8 Å². The molecule has 144 valence electrons. The second kappa shape index (κ2) is 11.3. The molecule has 1 aromatic carbocycles. The Morgan fingerprint density at radius 1 is 1.04 bits per heavy atom. The molecule has 0 aliphatic rings. The Hall–Kier alpha value is -1.31. The van der Waals surface area contributed by atoms with Crippen LogP contribution in [-0.2, 0) is 6.54 Å². The van der Waals surface area contributed by atoms with E-state index < -0.39 is 12.6 Å². The van der Waals surface area contributed by atoms with E-state index in [9.17, 15) is 18.0 Å². The highest BCUT2D eigenvalue weighted by molar-refractivity contribution is 5.94. The fourth-order valence-electron chi connectivity index (χ4n) is 2.34. The zero-order valence-electron chi connectivity index (χ0n) is 14.7. The number of alkyl halides is 3. The predicted octanol–water partition coefficient (Wildman–Crippen LogP) is 3.30. The molecule has 4 nitrogen and oxygen atoms in total. The number of carbonyl (C=O) groups excluding carboxylic acids is 1. The molecular weight excluding hydrogens is 355 g/mol. The highest BCUT2D eigenvalue weighted by Crippen LogP contribution is 2.20. The molecule has 0 unspecified atom stereocenters. The van der Waals surface area contributed by atoms with Crippen molar-refractivity contribution in [3.05, 3.63) is 35.4 Å². The van der Waals surface area contributed by atoms with Crippen molar-refractivity contribution < 1.29 is 18.0 Å². The first-order valence-corrected chi connectivity index (χ1v) is 8.18. The predicted molar refractivity (Wildman–Crippen MR) is 95.9 cm³/mol. The molecule has 0 aliphatic heterocycles. The smallest absolute Gasteiger partial charge is 0.337 e. The highest BCUT2D eigenvalue weighted by Gasteiger charge is 2.29. The summed E-state index contributed by atoms with van der Waals surface area (Å²) in [5.41, 5.74) is 6.77. The molecule has 8 heteroatoms. The Balaban J connectivity index is 0.00000576. The monoisotopic (exact) mass is 381 g/mol. The van der Waals surface area contributed by atoms with E-state index in [2.05, 4.69) is 4.90 Å². The van der Waals surface area contributed by atoms with Gasteiger partial charge < -0.3 is 15.5 Å². The minimum absolute atomic E-state index is 0. The van der Waals surface area contributed by atoms with Crippen LogP contribution >= 0.6 is 12.4 Å². The normalized spacial score (nSPS) is 11.3. The third kappa shape index (κ3) is 8.56. The van der Waals surface area contributed by atoms with E-state index in [1.807, 2.05) is 13.8 Å². The van der Waals surface area contributed by atoms with Crippen LogP contribution in [0.2, 0.25) is 0 Å². The van der Waals surface area contributed by atoms with Crippen LogP contribution in [0.5, 0.6) is 0 Å². The van der Waals surface area contributed by atoms with Gasteiger partial charge in [-0.15, -0.1) is 12.4 Å². The molecular formula is C17H27ClF3N3O. The van der Waals surface area contributed by atoms with Gasteiger partial charge in [-0.25, -0.2) is 0 Å². The van der Waals surface area contributed by atoms with Gasteiger partial charge in [0, 0.05) is 31.7 Å². The molecule has 0 fully saturated rings. The summed E-state index contributed by atoms with van der Waals surface area (Å²) in [6.07, 6.45) is -5.28. The minimum Gasteiger partial charge on any atom is -0.337 e. The SMILES string of the molecule is CCN(CC)CCN(CCC(F)(F)F)C(=O)c1ccc(CN)cc1.Cl. The summed E-state index contributed by atoms with van der Waals surface area (Å²) in [6.45, 7) is 6.41. The maximum Gasteiger partial charge on any atom is 0.390 e. The fourth-order valence-corrected chi connectivity index (χ4v) is 2.34. The van der Waals surface area contributed by atoms with E-state index in [1.165, 1.54) is 4.90 Å². The number of carbonyl (C=O) groups is 1. The molecule has 1 aromatic rings. The fraction of sp³-hybridized carbons (Fsp3) is 0.588. The average Bonchev–Trinajstić information content (AvgIpc) is 2.57. The Morgan fingerprint density at radius 2 is 1.60 bits per heavy atom. The van der Waals surface area contributed by atoms with Crippen LogP contribution in [0.4, 0.5) is 13.2 Å². The number of hydrogen-bond donors (Lipinski definition) is 1. The summed E-state index contributed by atoms with van der Waals surface area (Å²) < 4.78 is 37.6. The van der Waals surface area contributed by atoms with Crippen LogP contribution in [0.15, 0.2) is 24.3 Å². The van der Waals surface area contributed by atoms with Gasteiger partial charge in [0.1, 0.15) is 0 Å². The molecule has 0 saturated carbocycles. The summed E-state index contributed by atoms with van der Waals surface area (Å²) >= 11 is 0. The molecule has 2 N–H and O–H groups in total. The number of amides is 1. The molecule has 1 rings (SSSR count). The summed E-state index contributed by atoms with van der Waals surface area (Å²) in [5, 5.41) is 0. The van der Waals surface area contributed by atoms with Crippen molar-refractivity contribution in [2.45, 2.75) is 33.0 Å². The number of nitrogens with zero attached hydrogens (tertiary/aromatic N) is 2. The molecule has 0 aromatic heterocycles. The quantitative estimate of drug-likeness (QED) is 0.714. The molecule has 0 radical (unpaired) electrons. The lowest BCUT2D eigenvalue weighted by molar-refractivity contribution is -0.136. The molecule has 0 heterocycles. The van der Waals surface area contributed by atoms with Gasteiger partial charge >= 0.3 is 6.18 Å². The van der Waals surface area contributed by atoms with E-state index in [0.29, 0.717) is 18.7 Å². The van der Waals surface area contributed by atoms with Gasteiger partial charge in [-0.1, -0.05) is 26.0 Å². The topological polar surface area (TPSA) is 49.6 Å². The van der Waals surface area contributed by atoms with E-state index >= 15 is 0 Å². The standard InChI is InChI=1S/C17H26F3N3O.ClH/c1-3-22(4-2)11-12-23(10-9-17(18,19)20)16(24)15-7-5-14(13-21)6-8-15;/h5-8H,3-4,9-13,21H2,1-2H3;1H. The van der Waals surface area contributed by atoms with Crippen LogP contribution in [-0.4, -0.2) is 54.6 Å². The van der Waals surface area contributed by atoms with Gasteiger partial charge in [0.15, 0.2) is 0 Å². The van der Waals surface area contributed by atoms with Crippen molar-refractivity contribution in [2.75, 3.05) is 32.7 Å². The van der Waals surface area contributed by atoms with E-state index in [0.717, 1.165) is 18.7 Å². The van der Waals surface area contributed by atoms with Crippen LogP contribution < -0.4 is 5.73 Å². The van der Waals surface area contributed by atoms with Crippen LogP contribution in [0.3, 0.4) is 0 Å². The second-order valence-corrected chi connectivity index (χ2v) is 5.59. The average molecular weight is 382 g/mol. The largest absolute Gasteiger partial charge is 0.390 e. The third-order valence-electron chi connectivity index (χ3n) is 3.97. The van der Waals surface area contributed by atoms with Gasteiger partial charge in [0.05, 0.1) is 6.42 Å². The van der Waals surface area contributed by atoms with Gasteiger partial charge in [-0.3, -0.25) is 4.79 Å². The molecule has 1 amide bonds. The molecule has 0 spiro atoms. The number of benzene rings is 1. The van der Waals surface area contributed by atoms with Crippen LogP contribution in [0.25, 0.3) is 0 Å². The molecule has 0 aliphatic carbocycles. The van der Waals surface area contributed by atoms with Crippen molar-refractivity contribution in [3.8, 4) is 0 Å². The lowest BCUT2D eigenvalue weighted by Crippen LogP contribution is -2.40. The van der Waals surface area contributed by atoms with Crippen molar-refractivity contribution >= 4 is 18.3 Å². The number of halogens is 4. The van der Waals surface area contributed by atoms with E-state index in [-0.39, 0.29) is 31.4 Å². The third-order valence-corrected chi connectivity index (χ3v) is 3.97. The summed E-state index contributed by atoms with van der Waals surface area (Å²) in [7, 11) is 0. The summed E-state index contributed by atoms with van der Waals surface area (Å²) in [5.74, 6) is -0.380.